The molecule has 2 heterocycles. The number of rotatable bonds is 6. The molecule has 0 spiro atoms. The molecule has 0 radical (unpaired) electrons. The van der Waals surface area contributed by atoms with Crippen LogP contribution in [0.3, 0.4) is 0 Å². The summed E-state index contributed by atoms with van der Waals surface area (Å²) in [5.41, 5.74) is 0.192. The van der Waals surface area contributed by atoms with E-state index in [1.54, 1.807) is 12.3 Å². The van der Waals surface area contributed by atoms with Gasteiger partial charge in [0.2, 0.25) is 0 Å². The monoisotopic (exact) mass is 246 g/mol. The van der Waals surface area contributed by atoms with Gasteiger partial charge in [-0.3, -0.25) is 4.68 Å². The Kier molecular flexibility index (Phi) is 3.90. The van der Waals surface area contributed by atoms with E-state index in [2.05, 4.69) is 15.4 Å². The second kappa shape index (κ2) is 5.81. The topological polar surface area (TPSA) is 80.0 Å². The van der Waals surface area contributed by atoms with Crippen molar-refractivity contribution in [2.45, 2.75) is 13.0 Å². The zero-order chi connectivity index (χ0) is 12.8. The highest BCUT2D eigenvalue weighted by Crippen LogP contribution is 2.05. The van der Waals surface area contributed by atoms with Crippen molar-refractivity contribution in [1.29, 1.82) is 0 Å². The van der Waals surface area contributed by atoms with Crippen molar-refractivity contribution in [3.8, 4) is 0 Å². The van der Waals surface area contributed by atoms with Crippen LogP contribution in [0.15, 0.2) is 36.8 Å². The van der Waals surface area contributed by atoms with E-state index in [0.29, 0.717) is 5.82 Å². The number of nitrogens with zero attached hydrogens (tertiary/aromatic N) is 3. The van der Waals surface area contributed by atoms with Crippen LogP contribution >= 0.6 is 0 Å². The van der Waals surface area contributed by atoms with Gasteiger partial charge in [-0.25, -0.2) is 9.78 Å². The Balaban J connectivity index is 1.75. The van der Waals surface area contributed by atoms with Crippen LogP contribution in [0.4, 0.5) is 5.82 Å². The molecule has 0 saturated carbocycles. The second-order valence-corrected chi connectivity index (χ2v) is 3.79. The average molecular weight is 246 g/mol. The molecule has 0 aliphatic heterocycles. The molecule has 6 nitrogen and oxygen atoms in total. The highest BCUT2D eigenvalue weighted by molar-refractivity contribution is 5.87. The summed E-state index contributed by atoms with van der Waals surface area (Å²) in [5.74, 6) is -0.284. The molecule has 94 valence electrons. The predicted octanol–water partition coefficient (Wildman–Crippen LogP) is 1.48. The Bertz CT molecular complexity index is 493. The van der Waals surface area contributed by atoms with Gasteiger partial charge in [0.1, 0.15) is 5.82 Å². The van der Waals surface area contributed by atoms with E-state index in [0.717, 1.165) is 19.5 Å². The fourth-order valence-electron chi connectivity index (χ4n) is 1.52. The van der Waals surface area contributed by atoms with Gasteiger partial charge < -0.3 is 10.4 Å². The maximum Gasteiger partial charge on any atom is 0.337 e. The summed E-state index contributed by atoms with van der Waals surface area (Å²) >= 11 is 0. The standard InChI is InChI=1S/C12H14N4O2/c17-12(18)10-3-4-11(14-9-10)13-5-1-7-16-8-2-6-15-16/h2-4,6,8-9H,1,5,7H2,(H,13,14)(H,17,18). The molecule has 2 N–H and O–H groups in total. The molecule has 0 bridgehead atoms. The summed E-state index contributed by atoms with van der Waals surface area (Å²) in [4.78, 5) is 14.7. The molecule has 0 aromatic carbocycles. The van der Waals surface area contributed by atoms with Crippen molar-refractivity contribution in [3.63, 3.8) is 0 Å². The fraction of sp³-hybridized carbons (Fsp3) is 0.250. The van der Waals surface area contributed by atoms with Gasteiger partial charge in [-0.15, -0.1) is 0 Å². The largest absolute Gasteiger partial charge is 0.478 e. The Morgan fingerprint density at radius 2 is 2.33 bits per heavy atom. The van der Waals surface area contributed by atoms with Gasteiger partial charge in [0.15, 0.2) is 0 Å². The van der Waals surface area contributed by atoms with Crippen molar-refractivity contribution in [2.75, 3.05) is 11.9 Å². The molecule has 0 atom stereocenters. The van der Waals surface area contributed by atoms with Crippen LogP contribution < -0.4 is 5.32 Å². The van der Waals surface area contributed by atoms with E-state index >= 15 is 0 Å². The molecule has 0 aliphatic rings. The molecule has 2 aromatic rings. The van der Waals surface area contributed by atoms with Gasteiger partial charge in [-0.05, 0) is 24.6 Å². The molecular weight excluding hydrogens is 232 g/mol. The molecule has 0 unspecified atom stereocenters. The zero-order valence-corrected chi connectivity index (χ0v) is 9.78. The van der Waals surface area contributed by atoms with Gasteiger partial charge in [0.25, 0.3) is 0 Å². The third-order valence-corrected chi connectivity index (χ3v) is 2.44. The average Bonchev–Trinajstić information content (AvgIpc) is 2.88. The first-order valence-corrected chi connectivity index (χ1v) is 5.66. The van der Waals surface area contributed by atoms with Crippen LogP contribution in [0.2, 0.25) is 0 Å². The van der Waals surface area contributed by atoms with Gasteiger partial charge >= 0.3 is 5.97 Å². The molecule has 2 aromatic heterocycles. The number of aryl methyl sites for hydroxylation is 1. The van der Waals surface area contributed by atoms with Crippen molar-refractivity contribution < 1.29 is 9.90 Å². The number of anilines is 1. The van der Waals surface area contributed by atoms with Crippen molar-refractivity contribution >= 4 is 11.8 Å². The lowest BCUT2D eigenvalue weighted by Gasteiger charge is -2.05. The fourth-order valence-corrected chi connectivity index (χ4v) is 1.52. The minimum atomic E-state index is -0.965. The van der Waals surface area contributed by atoms with E-state index in [1.807, 2.05) is 16.9 Å². The highest BCUT2D eigenvalue weighted by atomic mass is 16.4. The van der Waals surface area contributed by atoms with E-state index in [4.69, 9.17) is 5.11 Å². The zero-order valence-electron chi connectivity index (χ0n) is 9.78. The summed E-state index contributed by atoms with van der Waals surface area (Å²) in [7, 11) is 0. The SMILES string of the molecule is O=C(O)c1ccc(NCCCn2cccn2)nc1. The lowest BCUT2D eigenvalue weighted by Crippen LogP contribution is -2.08. The van der Waals surface area contributed by atoms with E-state index in [9.17, 15) is 4.79 Å². The summed E-state index contributed by atoms with van der Waals surface area (Å²) in [6.45, 7) is 1.60. The first-order chi connectivity index (χ1) is 8.75. The number of carboxylic acid groups (broad SMARTS) is 1. The van der Waals surface area contributed by atoms with Gasteiger partial charge in [-0.2, -0.15) is 5.10 Å². The Morgan fingerprint density at radius 3 is 2.94 bits per heavy atom. The summed E-state index contributed by atoms with van der Waals surface area (Å²) < 4.78 is 1.86. The van der Waals surface area contributed by atoms with E-state index in [-0.39, 0.29) is 5.56 Å². The van der Waals surface area contributed by atoms with Crippen LogP contribution in [0.5, 0.6) is 0 Å². The maximum absolute atomic E-state index is 10.6. The number of hydrogen-bond acceptors (Lipinski definition) is 4. The lowest BCUT2D eigenvalue weighted by atomic mass is 10.3. The summed E-state index contributed by atoms with van der Waals surface area (Å²) in [6, 6.07) is 5.09. The molecule has 0 amide bonds. The molecule has 6 heteroatoms. The van der Waals surface area contributed by atoms with Crippen LogP contribution in [0.25, 0.3) is 0 Å². The smallest absolute Gasteiger partial charge is 0.337 e. The Hall–Kier alpha value is -2.37. The van der Waals surface area contributed by atoms with E-state index < -0.39 is 5.97 Å². The van der Waals surface area contributed by atoms with Gasteiger partial charge in [-0.1, -0.05) is 0 Å². The number of aromatic carboxylic acids is 1. The predicted molar refractivity (Wildman–Crippen MR) is 66.5 cm³/mol. The second-order valence-electron chi connectivity index (χ2n) is 3.79. The first-order valence-electron chi connectivity index (χ1n) is 5.66. The van der Waals surface area contributed by atoms with Crippen molar-refractivity contribution in [1.82, 2.24) is 14.8 Å². The molecular formula is C12H14N4O2. The number of aromatic nitrogens is 3. The molecule has 0 aliphatic carbocycles. The Morgan fingerprint density at radius 1 is 1.44 bits per heavy atom. The first kappa shape index (κ1) is 12.1. The summed E-state index contributed by atoms with van der Waals surface area (Å²) in [5, 5.41) is 16.0. The van der Waals surface area contributed by atoms with E-state index in [1.165, 1.54) is 12.3 Å². The number of hydrogen-bond donors (Lipinski definition) is 2. The van der Waals surface area contributed by atoms with Gasteiger partial charge in [0.05, 0.1) is 5.56 Å². The molecule has 18 heavy (non-hydrogen) atoms. The molecule has 0 fully saturated rings. The number of pyridine rings is 1. The highest BCUT2D eigenvalue weighted by Gasteiger charge is 2.02. The van der Waals surface area contributed by atoms with Crippen LogP contribution in [0, 0.1) is 0 Å². The number of carbonyl (C=O) groups is 1. The lowest BCUT2D eigenvalue weighted by molar-refractivity contribution is 0.0696. The number of carboxylic acids is 1. The van der Waals surface area contributed by atoms with Gasteiger partial charge in [0, 0.05) is 31.7 Å². The quantitative estimate of drug-likeness (QED) is 0.754. The maximum atomic E-state index is 10.6. The Labute approximate surface area is 104 Å². The van der Waals surface area contributed by atoms with Crippen LogP contribution in [-0.2, 0) is 6.54 Å². The number of nitrogens with one attached hydrogen (secondary N) is 1. The third kappa shape index (κ3) is 3.31. The minimum absolute atomic E-state index is 0.192. The summed E-state index contributed by atoms with van der Waals surface area (Å²) in [6.07, 6.45) is 5.93. The van der Waals surface area contributed by atoms with Crippen LogP contribution in [-0.4, -0.2) is 32.4 Å². The minimum Gasteiger partial charge on any atom is -0.478 e. The van der Waals surface area contributed by atoms with Crippen LogP contribution in [0.1, 0.15) is 16.8 Å². The van der Waals surface area contributed by atoms with Crippen molar-refractivity contribution in [2.24, 2.45) is 0 Å². The molecule has 0 saturated heterocycles. The molecule has 2 rings (SSSR count). The third-order valence-electron chi connectivity index (χ3n) is 2.44. The normalized spacial score (nSPS) is 10.2. The van der Waals surface area contributed by atoms with Crippen molar-refractivity contribution in [3.05, 3.63) is 42.4 Å².